The van der Waals surface area contributed by atoms with E-state index in [1.165, 1.54) is 15.6 Å². The Balaban J connectivity index is 1.65. The molecule has 0 bridgehead atoms. The van der Waals surface area contributed by atoms with E-state index in [1.54, 1.807) is 30.8 Å². The van der Waals surface area contributed by atoms with Crippen LogP contribution in [0.2, 0.25) is 0 Å². The SMILES string of the molecule is COc1c(C)cnc(CNC(=O)C2CCCN(S(=O)(=O)c3cccs3)C2)c1C. The van der Waals surface area contributed by atoms with Crippen molar-refractivity contribution in [3.8, 4) is 5.75 Å². The standard InChI is InChI=1S/C19H25N3O4S2/c1-13-10-20-16(14(2)18(13)26-3)11-21-19(23)15-6-4-8-22(12-15)28(24,25)17-7-5-9-27-17/h5,7,9-10,15H,4,6,8,11-12H2,1-3H3,(H,21,23). The number of nitrogens with one attached hydrogen (secondary N) is 1. The molecule has 0 aliphatic carbocycles. The van der Waals surface area contributed by atoms with Gasteiger partial charge < -0.3 is 10.1 Å². The summed E-state index contributed by atoms with van der Waals surface area (Å²) in [5.74, 6) is 0.257. The van der Waals surface area contributed by atoms with Crippen LogP contribution in [-0.4, -0.2) is 43.8 Å². The predicted molar refractivity (Wildman–Crippen MR) is 108 cm³/mol. The molecule has 152 valence electrons. The third-order valence-electron chi connectivity index (χ3n) is 5.02. The monoisotopic (exact) mass is 423 g/mol. The second-order valence-corrected chi connectivity index (χ2v) is 10.0. The minimum Gasteiger partial charge on any atom is -0.496 e. The Bertz CT molecular complexity index is 942. The number of methoxy groups -OCH3 is 1. The number of hydrogen-bond donors (Lipinski definition) is 1. The third kappa shape index (κ3) is 4.21. The van der Waals surface area contributed by atoms with Crippen molar-refractivity contribution in [3.05, 3.63) is 40.5 Å². The van der Waals surface area contributed by atoms with Gasteiger partial charge in [-0.3, -0.25) is 9.78 Å². The zero-order chi connectivity index (χ0) is 20.3. The van der Waals surface area contributed by atoms with Gasteiger partial charge in [0.25, 0.3) is 10.0 Å². The smallest absolute Gasteiger partial charge is 0.252 e. The second-order valence-electron chi connectivity index (χ2n) is 6.90. The maximum atomic E-state index is 12.7. The molecule has 3 heterocycles. The number of sulfonamides is 1. The summed E-state index contributed by atoms with van der Waals surface area (Å²) in [5.41, 5.74) is 2.58. The number of aromatic nitrogens is 1. The van der Waals surface area contributed by atoms with Crippen LogP contribution in [0.5, 0.6) is 5.75 Å². The molecule has 3 rings (SSSR count). The van der Waals surface area contributed by atoms with Crippen LogP contribution >= 0.6 is 11.3 Å². The molecule has 9 heteroatoms. The van der Waals surface area contributed by atoms with E-state index in [9.17, 15) is 13.2 Å². The molecule has 7 nitrogen and oxygen atoms in total. The van der Waals surface area contributed by atoms with Gasteiger partial charge in [0.05, 0.1) is 25.3 Å². The molecule has 0 saturated carbocycles. The molecular formula is C19H25N3O4S2. The lowest BCUT2D eigenvalue weighted by molar-refractivity contribution is -0.126. The largest absolute Gasteiger partial charge is 0.496 e. The summed E-state index contributed by atoms with van der Waals surface area (Å²) in [6.45, 7) is 4.77. The van der Waals surface area contributed by atoms with Crippen molar-refractivity contribution in [2.24, 2.45) is 5.92 Å². The Morgan fingerprint density at radius 3 is 2.89 bits per heavy atom. The van der Waals surface area contributed by atoms with E-state index in [2.05, 4.69) is 10.3 Å². The van der Waals surface area contributed by atoms with Crippen LogP contribution in [0.1, 0.15) is 29.7 Å². The van der Waals surface area contributed by atoms with E-state index in [0.717, 1.165) is 22.6 Å². The quantitative estimate of drug-likeness (QED) is 0.771. The van der Waals surface area contributed by atoms with Crippen LogP contribution in [0.15, 0.2) is 27.9 Å². The fourth-order valence-electron chi connectivity index (χ4n) is 3.48. The van der Waals surface area contributed by atoms with Gasteiger partial charge in [-0.05, 0) is 38.1 Å². The van der Waals surface area contributed by atoms with Gasteiger partial charge >= 0.3 is 0 Å². The van der Waals surface area contributed by atoms with Crippen molar-refractivity contribution in [2.75, 3.05) is 20.2 Å². The first-order valence-electron chi connectivity index (χ1n) is 9.15. The zero-order valence-electron chi connectivity index (χ0n) is 16.3. The highest BCUT2D eigenvalue weighted by atomic mass is 32.2. The molecule has 2 aromatic rings. The van der Waals surface area contributed by atoms with Crippen molar-refractivity contribution in [1.29, 1.82) is 0 Å². The fourth-order valence-corrected chi connectivity index (χ4v) is 6.15. The van der Waals surface area contributed by atoms with Gasteiger partial charge in [-0.2, -0.15) is 4.31 Å². The first-order valence-corrected chi connectivity index (χ1v) is 11.5. The molecule has 28 heavy (non-hydrogen) atoms. The number of nitrogens with zero attached hydrogens (tertiary/aromatic N) is 2. The highest BCUT2D eigenvalue weighted by Gasteiger charge is 2.33. The van der Waals surface area contributed by atoms with E-state index in [0.29, 0.717) is 23.6 Å². The van der Waals surface area contributed by atoms with Gasteiger partial charge in [-0.1, -0.05) is 6.07 Å². The second kappa shape index (κ2) is 8.59. The van der Waals surface area contributed by atoms with E-state index in [-0.39, 0.29) is 24.9 Å². The highest BCUT2D eigenvalue weighted by molar-refractivity contribution is 7.91. The Kier molecular flexibility index (Phi) is 6.36. The minimum absolute atomic E-state index is 0.146. The number of aryl methyl sites for hydroxylation is 1. The van der Waals surface area contributed by atoms with Gasteiger partial charge in [-0.15, -0.1) is 11.3 Å². The predicted octanol–water partition coefficient (Wildman–Crippen LogP) is 2.49. The van der Waals surface area contributed by atoms with Gasteiger partial charge in [0.15, 0.2) is 0 Å². The van der Waals surface area contributed by atoms with E-state index in [1.807, 2.05) is 13.8 Å². The minimum atomic E-state index is -3.53. The average molecular weight is 424 g/mol. The molecule has 1 unspecified atom stereocenters. The number of rotatable bonds is 6. The summed E-state index contributed by atoms with van der Waals surface area (Å²) < 4.78 is 32.6. The van der Waals surface area contributed by atoms with Crippen molar-refractivity contribution in [2.45, 2.75) is 37.4 Å². The maximum absolute atomic E-state index is 12.7. The first kappa shape index (κ1) is 20.8. The van der Waals surface area contributed by atoms with E-state index in [4.69, 9.17) is 4.74 Å². The van der Waals surface area contributed by atoms with Crippen LogP contribution in [0.25, 0.3) is 0 Å². The number of carbonyl (C=O) groups excluding carboxylic acids is 1. The molecule has 0 aromatic carbocycles. The molecule has 1 atom stereocenters. The van der Waals surface area contributed by atoms with E-state index >= 15 is 0 Å². The Morgan fingerprint density at radius 1 is 1.43 bits per heavy atom. The number of piperidine rings is 1. The molecule has 0 spiro atoms. The maximum Gasteiger partial charge on any atom is 0.252 e. The highest BCUT2D eigenvalue weighted by Crippen LogP contribution is 2.27. The Hall–Kier alpha value is -1.97. The van der Waals surface area contributed by atoms with Crippen molar-refractivity contribution < 1.29 is 17.9 Å². The van der Waals surface area contributed by atoms with Crippen LogP contribution < -0.4 is 10.1 Å². The average Bonchev–Trinajstić information content (AvgIpc) is 3.23. The fraction of sp³-hybridized carbons (Fsp3) is 0.474. The summed E-state index contributed by atoms with van der Waals surface area (Å²) in [7, 11) is -1.92. The number of pyridine rings is 1. The lowest BCUT2D eigenvalue weighted by atomic mass is 9.98. The molecule has 1 saturated heterocycles. The lowest BCUT2D eigenvalue weighted by Crippen LogP contribution is -2.45. The summed E-state index contributed by atoms with van der Waals surface area (Å²) in [6.07, 6.45) is 3.06. The lowest BCUT2D eigenvalue weighted by Gasteiger charge is -2.30. The Labute approximate surface area is 169 Å². The van der Waals surface area contributed by atoms with Crippen molar-refractivity contribution in [1.82, 2.24) is 14.6 Å². The first-order chi connectivity index (χ1) is 13.3. The molecule has 1 amide bonds. The normalized spacial score (nSPS) is 18.0. The molecule has 1 N–H and O–H groups in total. The van der Waals surface area contributed by atoms with E-state index < -0.39 is 10.0 Å². The third-order valence-corrected chi connectivity index (χ3v) is 8.26. The molecule has 2 aromatic heterocycles. The number of carbonyl (C=O) groups is 1. The molecule has 1 fully saturated rings. The summed E-state index contributed by atoms with van der Waals surface area (Å²) in [4.78, 5) is 17.1. The molecule has 0 radical (unpaired) electrons. The van der Waals surface area contributed by atoms with Gasteiger partial charge in [0.1, 0.15) is 9.96 Å². The van der Waals surface area contributed by atoms with Crippen LogP contribution in [0, 0.1) is 19.8 Å². The zero-order valence-corrected chi connectivity index (χ0v) is 17.9. The molecule has 1 aliphatic heterocycles. The van der Waals surface area contributed by atoms with Crippen molar-refractivity contribution >= 4 is 27.3 Å². The number of thiophene rings is 1. The van der Waals surface area contributed by atoms with Gasteiger partial charge in [0.2, 0.25) is 5.91 Å². The summed E-state index contributed by atoms with van der Waals surface area (Å²) >= 11 is 1.20. The topological polar surface area (TPSA) is 88.6 Å². The summed E-state index contributed by atoms with van der Waals surface area (Å²) in [6, 6.07) is 3.32. The summed E-state index contributed by atoms with van der Waals surface area (Å²) in [5, 5.41) is 4.65. The number of hydrogen-bond acceptors (Lipinski definition) is 6. The number of ether oxygens (including phenoxy) is 1. The van der Waals surface area contributed by atoms with Crippen LogP contribution in [0.4, 0.5) is 0 Å². The Morgan fingerprint density at radius 2 is 2.21 bits per heavy atom. The van der Waals surface area contributed by atoms with Gasteiger partial charge in [0, 0.05) is 30.4 Å². The van der Waals surface area contributed by atoms with Gasteiger partial charge in [-0.25, -0.2) is 8.42 Å². The number of amides is 1. The van der Waals surface area contributed by atoms with Crippen molar-refractivity contribution in [3.63, 3.8) is 0 Å². The molecule has 1 aliphatic rings. The van der Waals surface area contributed by atoms with Crippen LogP contribution in [-0.2, 0) is 21.4 Å². The molecular weight excluding hydrogens is 398 g/mol. The van der Waals surface area contributed by atoms with Crippen LogP contribution in [0.3, 0.4) is 0 Å².